The molecule has 3 aromatic rings. The summed E-state index contributed by atoms with van der Waals surface area (Å²) in [5.74, 6) is -1.80. The van der Waals surface area contributed by atoms with E-state index in [4.69, 9.17) is 9.26 Å². The molecule has 1 atom stereocenters. The van der Waals surface area contributed by atoms with Gasteiger partial charge in [-0.3, -0.25) is 4.79 Å². The second kappa shape index (κ2) is 7.71. The monoisotopic (exact) mass is 399 g/mol. The number of morpholine rings is 1. The number of hydrogen-bond acceptors (Lipinski definition) is 5. The molecule has 1 amide bonds. The zero-order valence-corrected chi connectivity index (χ0v) is 16.0. The van der Waals surface area contributed by atoms with Crippen LogP contribution in [0.3, 0.4) is 0 Å². The number of halogens is 2. The van der Waals surface area contributed by atoms with Gasteiger partial charge in [-0.2, -0.15) is 0 Å². The van der Waals surface area contributed by atoms with Crippen molar-refractivity contribution in [2.45, 2.75) is 20.0 Å². The maximum atomic E-state index is 14.0. The second-order valence-electron chi connectivity index (χ2n) is 6.85. The molecule has 8 heteroatoms. The summed E-state index contributed by atoms with van der Waals surface area (Å²) in [5.41, 5.74) is 2.29. The Balaban J connectivity index is 1.59. The van der Waals surface area contributed by atoms with Crippen molar-refractivity contribution in [2.24, 2.45) is 0 Å². The maximum absolute atomic E-state index is 14.0. The minimum absolute atomic E-state index is 0.144. The molecule has 3 heterocycles. The summed E-state index contributed by atoms with van der Waals surface area (Å²) in [6.45, 7) is 4.27. The molecule has 0 unspecified atom stereocenters. The number of ether oxygens (including phenoxy) is 1. The van der Waals surface area contributed by atoms with E-state index in [0.717, 1.165) is 23.4 Å². The van der Waals surface area contributed by atoms with Gasteiger partial charge in [0.2, 0.25) is 0 Å². The number of aryl methyl sites for hydroxylation is 2. The van der Waals surface area contributed by atoms with Crippen LogP contribution in [0.5, 0.6) is 0 Å². The van der Waals surface area contributed by atoms with Crippen molar-refractivity contribution in [2.75, 3.05) is 19.7 Å². The Morgan fingerprint density at radius 2 is 1.86 bits per heavy atom. The highest BCUT2D eigenvalue weighted by Crippen LogP contribution is 2.28. The first-order valence-corrected chi connectivity index (χ1v) is 9.21. The van der Waals surface area contributed by atoms with Gasteiger partial charge >= 0.3 is 0 Å². The van der Waals surface area contributed by atoms with E-state index in [1.165, 1.54) is 11.0 Å². The summed E-state index contributed by atoms with van der Waals surface area (Å²) < 4.78 is 39.0. The number of carbonyl (C=O) groups excluding carboxylic acids is 1. The highest BCUT2D eigenvalue weighted by molar-refractivity contribution is 5.94. The Bertz CT molecular complexity index is 1030. The van der Waals surface area contributed by atoms with Gasteiger partial charge in [0, 0.05) is 6.54 Å². The van der Waals surface area contributed by atoms with Crippen LogP contribution in [-0.2, 0) is 4.74 Å². The molecule has 1 fully saturated rings. The van der Waals surface area contributed by atoms with E-state index in [1.807, 2.05) is 26.0 Å². The molecule has 0 saturated carbocycles. The third-order valence-electron chi connectivity index (χ3n) is 4.92. The smallest absolute Gasteiger partial charge is 0.260 e. The van der Waals surface area contributed by atoms with E-state index in [-0.39, 0.29) is 19.7 Å². The number of hydrogen-bond donors (Lipinski definition) is 0. The largest absolute Gasteiger partial charge is 0.368 e. The zero-order valence-electron chi connectivity index (χ0n) is 16.0. The van der Waals surface area contributed by atoms with E-state index >= 15 is 0 Å². The van der Waals surface area contributed by atoms with Crippen molar-refractivity contribution < 1.29 is 22.8 Å². The summed E-state index contributed by atoms with van der Waals surface area (Å²) in [5, 5.41) is 3.95. The lowest BCUT2D eigenvalue weighted by Gasteiger charge is -2.33. The van der Waals surface area contributed by atoms with Crippen LogP contribution in [0, 0.1) is 25.5 Å². The molecule has 0 spiro atoms. The molecule has 0 aliphatic carbocycles. The molecule has 2 aromatic heterocycles. The first-order chi connectivity index (χ1) is 14.0. The highest BCUT2D eigenvalue weighted by atomic mass is 19.1. The Hall–Kier alpha value is -3.13. The summed E-state index contributed by atoms with van der Waals surface area (Å²) in [6.07, 6.45) is -0.511. The quantitative estimate of drug-likeness (QED) is 0.669. The van der Waals surface area contributed by atoms with Gasteiger partial charge in [-0.25, -0.2) is 13.8 Å². The van der Waals surface area contributed by atoms with Gasteiger partial charge in [0.15, 0.2) is 0 Å². The summed E-state index contributed by atoms with van der Waals surface area (Å²) in [6, 6.07) is 8.85. The maximum Gasteiger partial charge on any atom is 0.260 e. The third-order valence-corrected chi connectivity index (χ3v) is 4.92. The van der Waals surface area contributed by atoms with E-state index in [0.29, 0.717) is 17.1 Å². The van der Waals surface area contributed by atoms with Gasteiger partial charge < -0.3 is 14.2 Å². The van der Waals surface area contributed by atoms with Crippen LogP contribution in [0.1, 0.15) is 33.6 Å². The first-order valence-electron chi connectivity index (χ1n) is 9.21. The van der Waals surface area contributed by atoms with Crippen molar-refractivity contribution >= 4 is 5.91 Å². The van der Waals surface area contributed by atoms with Gasteiger partial charge in [0.25, 0.3) is 5.91 Å². The Labute approximate surface area is 166 Å². The molecular weight excluding hydrogens is 380 g/mol. The van der Waals surface area contributed by atoms with Crippen LogP contribution in [0.2, 0.25) is 0 Å². The zero-order chi connectivity index (χ0) is 20.5. The number of aromatic nitrogens is 2. The lowest BCUT2D eigenvalue weighted by molar-refractivity contribution is -0.0249. The minimum Gasteiger partial charge on any atom is -0.368 e. The molecule has 1 aliphatic rings. The molecule has 4 rings (SSSR count). The first kappa shape index (κ1) is 19.2. The van der Waals surface area contributed by atoms with Crippen molar-refractivity contribution in [1.82, 2.24) is 15.0 Å². The van der Waals surface area contributed by atoms with Crippen LogP contribution in [0.15, 0.2) is 40.9 Å². The molecule has 0 radical (unpaired) electrons. The van der Waals surface area contributed by atoms with Crippen molar-refractivity contribution in [3.05, 3.63) is 70.7 Å². The number of nitrogens with zero attached hydrogens (tertiary/aromatic N) is 3. The summed E-state index contributed by atoms with van der Waals surface area (Å²) >= 11 is 0. The third kappa shape index (κ3) is 3.63. The van der Waals surface area contributed by atoms with Crippen LogP contribution in [-0.4, -0.2) is 40.6 Å². The van der Waals surface area contributed by atoms with Gasteiger partial charge in [0.05, 0.1) is 35.8 Å². The number of carbonyl (C=O) groups is 1. The molecule has 6 nitrogen and oxygen atoms in total. The fourth-order valence-corrected chi connectivity index (χ4v) is 3.49. The van der Waals surface area contributed by atoms with Crippen LogP contribution >= 0.6 is 0 Å². The molecule has 0 bridgehead atoms. The van der Waals surface area contributed by atoms with Crippen molar-refractivity contribution in [3.8, 4) is 11.3 Å². The number of rotatable bonds is 3. The molecule has 1 aliphatic heterocycles. The highest BCUT2D eigenvalue weighted by Gasteiger charge is 2.30. The Morgan fingerprint density at radius 1 is 1.14 bits per heavy atom. The number of pyridine rings is 1. The topological polar surface area (TPSA) is 68.5 Å². The summed E-state index contributed by atoms with van der Waals surface area (Å²) in [7, 11) is 0. The fraction of sp³-hybridized carbons (Fsp3) is 0.286. The predicted octanol–water partition coefficient (Wildman–Crippen LogP) is 3.85. The Kier molecular flexibility index (Phi) is 5.10. The predicted molar refractivity (Wildman–Crippen MR) is 100 cm³/mol. The van der Waals surface area contributed by atoms with E-state index in [9.17, 15) is 13.6 Å². The Morgan fingerprint density at radius 3 is 2.55 bits per heavy atom. The van der Waals surface area contributed by atoms with Crippen LogP contribution in [0.25, 0.3) is 11.3 Å². The van der Waals surface area contributed by atoms with Gasteiger partial charge in [-0.1, -0.05) is 17.3 Å². The SMILES string of the molecule is Cc1noc(C)c1-c1cccc([C@@H]2CN(C(=O)c3c(F)cccc3F)CCO2)n1. The minimum atomic E-state index is -0.878. The van der Waals surface area contributed by atoms with Crippen molar-refractivity contribution in [3.63, 3.8) is 0 Å². The van der Waals surface area contributed by atoms with Crippen LogP contribution < -0.4 is 0 Å². The summed E-state index contributed by atoms with van der Waals surface area (Å²) in [4.78, 5) is 18.8. The molecule has 150 valence electrons. The molecule has 29 heavy (non-hydrogen) atoms. The second-order valence-corrected chi connectivity index (χ2v) is 6.85. The number of amides is 1. The lowest BCUT2D eigenvalue weighted by Crippen LogP contribution is -2.43. The van der Waals surface area contributed by atoms with E-state index < -0.39 is 29.2 Å². The molecule has 0 N–H and O–H groups in total. The average Bonchev–Trinajstić information content (AvgIpc) is 3.06. The van der Waals surface area contributed by atoms with Gasteiger partial charge in [-0.15, -0.1) is 0 Å². The van der Waals surface area contributed by atoms with Crippen LogP contribution in [0.4, 0.5) is 8.78 Å². The number of benzene rings is 1. The van der Waals surface area contributed by atoms with Gasteiger partial charge in [0.1, 0.15) is 29.1 Å². The molecule has 1 aromatic carbocycles. The molecule has 1 saturated heterocycles. The van der Waals surface area contributed by atoms with Crippen molar-refractivity contribution in [1.29, 1.82) is 0 Å². The molecular formula is C21H19F2N3O3. The van der Waals surface area contributed by atoms with E-state index in [2.05, 4.69) is 10.1 Å². The van der Waals surface area contributed by atoms with E-state index in [1.54, 1.807) is 6.07 Å². The lowest BCUT2D eigenvalue weighted by atomic mass is 10.1. The fourth-order valence-electron chi connectivity index (χ4n) is 3.49. The normalized spacial score (nSPS) is 16.8. The standard InChI is InChI=1S/C21H19F2N3O3/c1-12-19(13(2)29-25-12)17-8-4-7-16(24-17)18-11-26(9-10-28-18)21(27)20-14(22)5-3-6-15(20)23/h3-8,18H,9-11H2,1-2H3/t18-/m0/s1. The average molecular weight is 399 g/mol. The van der Waals surface area contributed by atoms with Gasteiger partial charge in [-0.05, 0) is 38.1 Å².